The Bertz CT molecular complexity index is 816. The van der Waals surface area contributed by atoms with Crippen LogP contribution in [0.3, 0.4) is 0 Å². The molecule has 1 aromatic carbocycles. The molecule has 3 nitrogen and oxygen atoms in total. The van der Waals surface area contributed by atoms with Crippen LogP contribution >= 0.6 is 11.6 Å². The molecule has 0 atom stereocenters. The molecule has 1 aliphatic carbocycles. The number of halogens is 4. The van der Waals surface area contributed by atoms with Crippen LogP contribution in [-0.4, -0.2) is 16.3 Å². The highest BCUT2D eigenvalue weighted by Gasteiger charge is 2.46. The highest BCUT2D eigenvalue weighted by Crippen LogP contribution is 2.40. The Balaban J connectivity index is 2.25. The number of hydrogen-bond donors (Lipinski definition) is 0. The van der Waals surface area contributed by atoms with E-state index in [0.29, 0.717) is 0 Å². The first kappa shape index (κ1) is 14.7. The molecule has 7 heteroatoms. The molecule has 1 aromatic heterocycles. The molecule has 0 spiro atoms. The second-order valence-corrected chi connectivity index (χ2v) is 5.42. The summed E-state index contributed by atoms with van der Waals surface area (Å²) in [5.74, 6) is -5.43. The lowest BCUT2D eigenvalue weighted by atomic mass is 9.92. The van der Waals surface area contributed by atoms with Crippen molar-refractivity contribution in [2.24, 2.45) is 0 Å². The molecule has 0 radical (unpaired) electrons. The molecule has 3 rings (SSSR count). The van der Waals surface area contributed by atoms with E-state index in [0.717, 1.165) is 12.1 Å². The Hall–Kier alpha value is -2.26. The van der Waals surface area contributed by atoms with E-state index in [1.165, 1.54) is 16.8 Å². The zero-order chi connectivity index (χ0) is 16.1. The number of Topliss-reactive ketones (excluding diaryl/α,β-unsaturated/α-hetero) is 1. The van der Waals surface area contributed by atoms with Gasteiger partial charge in [0.1, 0.15) is 5.82 Å². The van der Waals surface area contributed by atoms with Crippen LogP contribution < -0.4 is 0 Å². The van der Waals surface area contributed by atoms with Gasteiger partial charge in [-0.2, -0.15) is 8.78 Å². The first-order valence-electron chi connectivity index (χ1n) is 6.34. The third kappa shape index (κ3) is 2.18. The maximum atomic E-state index is 13.6. The van der Waals surface area contributed by atoms with Crippen molar-refractivity contribution in [3.8, 4) is 5.69 Å². The maximum absolute atomic E-state index is 13.6. The number of fused-ring (bicyclic) bond motifs is 1. The number of benzene rings is 1. The summed E-state index contributed by atoms with van der Waals surface area (Å²) >= 11 is 5.80. The number of ketones is 1. The van der Waals surface area contributed by atoms with Crippen LogP contribution in [0.2, 0.25) is 5.02 Å². The lowest BCUT2D eigenvalue weighted by Crippen LogP contribution is -2.34. The van der Waals surface area contributed by atoms with E-state index >= 15 is 0 Å². The molecule has 0 bridgehead atoms. The summed E-state index contributed by atoms with van der Waals surface area (Å²) in [7, 11) is 0. The summed E-state index contributed by atoms with van der Waals surface area (Å²) in [6, 6.07) is 3.71. The molecule has 1 heterocycles. The highest BCUT2D eigenvalue weighted by atomic mass is 35.5. The summed E-state index contributed by atoms with van der Waals surface area (Å²) in [5, 5.41) is 0.134. The topological polar surface area (TPSA) is 26.4 Å². The largest absolute Gasteiger partial charge is 0.331 e. The van der Waals surface area contributed by atoms with Crippen LogP contribution in [-0.2, 0) is 6.42 Å². The fraction of sp³-hybridized carbons (Fsp3) is 0.200. The van der Waals surface area contributed by atoms with Crippen molar-refractivity contribution in [2.45, 2.75) is 18.8 Å². The van der Waals surface area contributed by atoms with Crippen LogP contribution in [0.1, 0.15) is 22.5 Å². The van der Waals surface area contributed by atoms with Gasteiger partial charge in [0.05, 0.1) is 12.1 Å². The van der Waals surface area contributed by atoms with Gasteiger partial charge in [0.25, 0.3) is 0 Å². The average molecular weight is 325 g/mol. The number of hydrogen-bond acceptors (Lipinski definition) is 1. The third-order valence-electron chi connectivity index (χ3n) is 3.57. The van der Waals surface area contributed by atoms with E-state index in [2.05, 4.69) is 4.85 Å². The standard InChI is InChI=1S/C15H8ClF3N2O/c1-20-11-7-21(10-5-8(16)4-9(17)6-10)12-2-3-15(18,19)14(22)13(11)12/h4-7H,2-3H2. The van der Waals surface area contributed by atoms with Gasteiger partial charge >= 0.3 is 5.92 Å². The van der Waals surface area contributed by atoms with Crippen molar-refractivity contribution in [2.75, 3.05) is 0 Å². The van der Waals surface area contributed by atoms with Crippen molar-refractivity contribution in [1.82, 2.24) is 4.57 Å². The molecule has 0 saturated carbocycles. The zero-order valence-electron chi connectivity index (χ0n) is 11.0. The van der Waals surface area contributed by atoms with E-state index in [4.69, 9.17) is 18.2 Å². The molecule has 0 unspecified atom stereocenters. The Morgan fingerprint density at radius 2 is 2.05 bits per heavy atom. The normalized spacial score (nSPS) is 16.2. The van der Waals surface area contributed by atoms with Crippen LogP contribution in [0.5, 0.6) is 0 Å². The Kier molecular flexibility index (Phi) is 3.26. The number of rotatable bonds is 1. The van der Waals surface area contributed by atoms with Gasteiger partial charge in [-0.1, -0.05) is 11.6 Å². The van der Waals surface area contributed by atoms with Gasteiger partial charge in [0.15, 0.2) is 0 Å². The monoisotopic (exact) mass is 324 g/mol. The van der Waals surface area contributed by atoms with Crippen LogP contribution in [0, 0.1) is 12.4 Å². The smallest absolute Gasteiger partial charge is 0.308 e. The number of aromatic nitrogens is 1. The van der Waals surface area contributed by atoms with E-state index in [-0.39, 0.29) is 34.1 Å². The fourth-order valence-corrected chi connectivity index (χ4v) is 2.81. The van der Waals surface area contributed by atoms with Gasteiger partial charge in [-0.3, -0.25) is 4.79 Å². The maximum Gasteiger partial charge on any atom is 0.308 e. The predicted molar refractivity (Wildman–Crippen MR) is 74.6 cm³/mol. The number of alkyl halides is 2. The van der Waals surface area contributed by atoms with Gasteiger partial charge in [0, 0.05) is 29.0 Å². The summed E-state index contributed by atoms with van der Waals surface area (Å²) in [6.07, 6.45) is 0.545. The number of carbonyl (C=O) groups is 1. The SMILES string of the molecule is [C-]#[N+]c1cn(-c2cc(F)cc(Cl)c2)c2c1C(=O)C(F)(F)CC2. The highest BCUT2D eigenvalue weighted by molar-refractivity contribution is 6.30. The van der Waals surface area contributed by atoms with Crippen molar-refractivity contribution in [3.05, 3.63) is 57.9 Å². The molecule has 112 valence electrons. The molecule has 0 fully saturated rings. The van der Waals surface area contributed by atoms with Crippen molar-refractivity contribution in [3.63, 3.8) is 0 Å². The summed E-state index contributed by atoms with van der Waals surface area (Å²) in [5.41, 5.74) is 0.115. The van der Waals surface area contributed by atoms with Crippen LogP contribution in [0.25, 0.3) is 10.5 Å². The zero-order valence-corrected chi connectivity index (χ0v) is 11.8. The quantitative estimate of drug-likeness (QED) is 0.705. The van der Waals surface area contributed by atoms with Gasteiger partial charge in [0.2, 0.25) is 11.5 Å². The fourth-order valence-electron chi connectivity index (χ4n) is 2.59. The third-order valence-corrected chi connectivity index (χ3v) is 3.79. The van der Waals surface area contributed by atoms with Crippen molar-refractivity contribution >= 4 is 23.1 Å². The van der Waals surface area contributed by atoms with Crippen LogP contribution in [0.4, 0.5) is 18.9 Å². The van der Waals surface area contributed by atoms with Crippen molar-refractivity contribution < 1.29 is 18.0 Å². The lowest BCUT2D eigenvalue weighted by Gasteiger charge is -2.22. The predicted octanol–water partition coefficient (Wildman–Crippen LogP) is 4.58. The average Bonchev–Trinajstić information content (AvgIpc) is 2.81. The summed E-state index contributed by atoms with van der Waals surface area (Å²) in [4.78, 5) is 15.0. The van der Waals surface area contributed by atoms with Crippen molar-refractivity contribution in [1.29, 1.82) is 0 Å². The Morgan fingerprint density at radius 3 is 2.68 bits per heavy atom. The van der Waals surface area contributed by atoms with Crippen LogP contribution in [0.15, 0.2) is 24.4 Å². The summed E-state index contributed by atoms with van der Waals surface area (Å²) < 4.78 is 42.0. The molecular weight excluding hydrogens is 317 g/mol. The van der Waals surface area contributed by atoms with E-state index < -0.39 is 23.9 Å². The second kappa shape index (κ2) is 4.89. The molecule has 1 aliphatic rings. The van der Waals surface area contributed by atoms with E-state index in [1.807, 2.05) is 0 Å². The molecule has 0 aliphatic heterocycles. The molecule has 0 amide bonds. The van der Waals surface area contributed by atoms with Gasteiger partial charge in [-0.05, 0) is 24.6 Å². The Morgan fingerprint density at radius 1 is 1.32 bits per heavy atom. The van der Waals surface area contributed by atoms with Gasteiger partial charge in [-0.25, -0.2) is 9.24 Å². The van der Waals surface area contributed by atoms with E-state index in [1.54, 1.807) is 0 Å². The first-order valence-corrected chi connectivity index (χ1v) is 6.72. The first-order chi connectivity index (χ1) is 10.3. The van der Waals surface area contributed by atoms with E-state index in [9.17, 15) is 18.0 Å². The minimum absolute atomic E-state index is 0.0856. The van der Waals surface area contributed by atoms with Gasteiger partial charge in [-0.15, -0.1) is 0 Å². The molecule has 2 aromatic rings. The minimum Gasteiger partial charge on any atom is -0.331 e. The van der Waals surface area contributed by atoms with Gasteiger partial charge < -0.3 is 4.57 Å². The Labute approximate surface area is 128 Å². The molecule has 22 heavy (non-hydrogen) atoms. The second-order valence-electron chi connectivity index (χ2n) is 4.98. The number of carbonyl (C=O) groups excluding carboxylic acids is 1. The summed E-state index contributed by atoms with van der Waals surface area (Å²) in [6.45, 7) is 7.08. The number of nitrogens with zero attached hydrogens (tertiary/aromatic N) is 2. The molecular formula is C15H8ClF3N2O. The lowest BCUT2D eigenvalue weighted by molar-refractivity contribution is 0.00185. The molecule has 0 saturated heterocycles. The minimum atomic E-state index is -3.47. The molecule has 0 N–H and O–H groups in total.